The normalized spacial score (nSPS) is 17.7. The fraction of sp³-hybridized carbons (Fsp3) is 0.333. The van der Waals surface area contributed by atoms with Gasteiger partial charge in [-0.1, -0.05) is 30.3 Å². The summed E-state index contributed by atoms with van der Waals surface area (Å²) in [5.74, 6) is 0.0457. The number of nitrogens with zero attached hydrogens (tertiary/aromatic N) is 1. The van der Waals surface area contributed by atoms with Gasteiger partial charge in [-0.3, -0.25) is 9.78 Å². The minimum absolute atomic E-state index is 0.0457. The predicted molar refractivity (Wildman–Crippen MR) is 88.7 cm³/mol. The zero-order valence-corrected chi connectivity index (χ0v) is 13.0. The van der Waals surface area contributed by atoms with Crippen LogP contribution in [0.2, 0.25) is 0 Å². The molecule has 0 radical (unpaired) electrons. The van der Waals surface area contributed by atoms with E-state index in [1.54, 1.807) is 6.20 Å². The third-order valence-electron chi connectivity index (χ3n) is 3.87. The van der Waals surface area contributed by atoms with Crippen molar-refractivity contribution < 1.29 is 9.53 Å². The summed E-state index contributed by atoms with van der Waals surface area (Å²) >= 11 is 0. The zero-order chi connectivity index (χ0) is 15.9. The van der Waals surface area contributed by atoms with E-state index in [1.165, 1.54) is 0 Å². The average molecular weight is 311 g/mol. The highest BCUT2D eigenvalue weighted by Crippen LogP contribution is 2.18. The van der Waals surface area contributed by atoms with Gasteiger partial charge in [-0.25, -0.2) is 0 Å². The van der Waals surface area contributed by atoms with Crippen LogP contribution in [0.1, 0.15) is 12.0 Å². The third-order valence-corrected chi connectivity index (χ3v) is 3.87. The molecule has 23 heavy (non-hydrogen) atoms. The second-order valence-electron chi connectivity index (χ2n) is 5.65. The van der Waals surface area contributed by atoms with E-state index in [9.17, 15) is 4.79 Å². The van der Waals surface area contributed by atoms with Crippen LogP contribution >= 0.6 is 0 Å². The summed E-state index contributed by atoms with van der Waals surface area (Å²) in [5.41, 5.74) is 3.29. The quantitative estimate of drug-likeness (QED) is 0.883. The second kappa shape index (κ2) is 7.85. The molecule has 1 atom stereocenters. The van der Waals surface area contributed by atoms with Crippen LogP contribution in [0.3, 0.4) is 0 Å². The Kier molecular flexibility index (Phi) is 5.34. The summed E-state index contributed by atoms with van der Waals surface area (Å²) in [5, 5.41) is 6.24. The van der Waals surface area contributed by atoms with E-state index in [0.29, 0.717) is 19.6 Å². The molecule has 1 aromatic heterocycles. The van der Waals surface area contributed by atoms with E-state index in [4.69, 9.17) is 4.74 Å². The Balaban J connectivity index is 1.49. The summed E-state index contributed by atoms with van der Waals surface area (Å²) in [4.78, 5) is 16.1. The molecule has 3 rings (SSSR count). The van der Waals surface area contributed by atoms with Gasteiger partial charge in [0.2, 0.25) is 5.91 Å². The molecule has 1 fully saturated rings. The van der Waals surface area contributed by atoms with Gasteiger partial charge in [-0.2, -0.15) is 0 Å². The number of carbonyl (C=O) groups is 1. The topological polar surface area (TPSA) is 63.2 Å². The van der Waals surface area contributed by atoms with Crippen LogP contribution in [-0.4, -0.2) is 36.7 Å². The Hall–Kier alpha value is -2.24. The van der Waals surface area contributed by atoms with Gasteiger partial charge in [0.25, 0.3) is 0 Å². The van der Waals surface area contributed by atoms with E-state index < -0.39 is 0 Å². The Bertz CT molecular complexity index is 622. The number of amides is 1. The summed E-state index contributed by atoms with van der Waals surface area (Å²) in [6.07, 6.45) is 4.06. The van der Waals surface area contributed by atoms with Gasteiger partial charge in [-0.05, 0) is 22.8 Å². The molecule has 1 amide bonds. The van der Waals surface area contributed by atoms with Crippen LogP contribution in [0.4, 0.5) is 0 Å². The minimum atomic E-state index is 0.0457. The molecule has 5 nitrogen and oxygen atoms in total. The molecule has 1 unspecified atom stereocenters. The smallest absolute Gasteiger partial charge is 0.221 e. The fourth-order valence-corrected chi connectivity index (χ4v) is 2.60. The second-order valence-corrected chi connectivity index (χ2v) is 5.65. The molecular formula is C18H21N3O2. The largest absolute Gasteiger partial charge is 0.378 e. The molecule has 1 saturated heterocycles. The molecule has 1 aliphatic heterocycles. The highest BCUT2D eigenvalue weighted by molar-refractivity contribution is 5.76. The summed E-state index contributed by atoms with van der Waals surface area (Å²) in [6, 6.07) is 12.2. The highest BCUT2D eigenvalue weighted by Gasteiger charge is 2.16. The third kappa shape index (κ3) is 4.61. The number of morpholine rings is 1. The van der Waals surface area contributed by atoms with Crippen molar-refractivity contribution in [2.45, 2.75) is 19.0 Å². The Morgan fingerprint density at radius 3 is 2.83 bits per heavy atom. The van der Waals surface area contributed by atoms with E-state index in [-0.39, 0.29) is 11.9 Å². The molecule has 0 bridgehead atoms. The van der Waals surface area contributed by atoms with Crippen LogP contribution in [0.25, 0.3) is 11.1 Å². The molecule has 1 aliphatic rings. The lowest BCUT2D eigenvalue weighted by Gasteiger charge is -2.23. The molecule has 120 valence electrons. The lowest BCUT2D eigenvalue weighted by atomic mass is 10.1. The first-order valence-electron chi connectivity index (χ1n) is 7.88. The van der Waals surface area contributed by atoms with Crippen molar-refractivity contribution in [2.75, 3.05) is 19.8 Å². The number of ether oxygens (including phenoxy) is 1. The maximum absolute atomic E-state index is 12.0. The van der Waals surface area contributed by atoms with Gasteiger partial charge >= 0.3 is 0 Å². The van der Waals surface area contributed by atoms with E-state index in [0.717, 1.165) is 29.8 Å². The zero-order valence-electron chi connectivity index (χ0n) is 13.0. The Labute approximate surface area is 136 Å². The Morgan fingerprint density at radius 1 is 1.26 bits per heavy atom. The fourth-order valence-electron chi connectivity index (χ4n) is 2.60. The molecule has 2 aromatic rings. The highest BCUT2D eigenvalue weighted by atomic mass is 16.5. The number of aromatic nitrogens is 1. The van der Waals surface area contributed by atoms with Crippen LogP contribution < -0.4 is 10.6 Å². The van der Waals surface area contributed by atoms with Crippen LogP contribution in [0.15, 0.2) is 48.8 Å². The van der Waals surface area contributed by atoms with Crippen LogP contribution in [-0.2, 0) is 16.1 Å². The van der Waals surface area contributed by atoms with Crippen molar-refractivity contribution in [2.24, 2.45) is 0 Å². The molecule has 2 N–H and O–H groups in total. The number of nitrogens with one attached hydrogen (secondary N) is 2. The lowest BCUT2D eigenvalue weighted by Crippen LogP contribution is -2.44. The van der Waals surface area contributed by atoms with Crippen molar-refractivity contribution in [1.29, 1.82) is 0 Å². The molecule has 5 heteroatoms. The van der Waals surface area contributed by atoms with Gasteiger partial charge in [0.1, 0.15) is 0 Å². The van der Waals surface area contributed by atoms with Crippen molar-refractivity contribution in [3.05, 3.63) is 54.4 Å². The first-order valence-corrected chi connectivity index (χ1v) is 7.88. The van der Waals surface area contributed by atoms with Gasteiger partial charge in [0.15, 0.2) is 0 Å². The molecule has 2 heterocycles. The van der Waals surface area contributed by atoms with E-state index in [2.05, 4.69) is 27.8 Å². The average Bonchev–Trinajstić information content (AvgIpc) is 2.62. The van der Waals surface area contributed by atoms with Crippen molar-refractivity contribution in [3.63, 3.8) is 0 Å². The van der Waals surface area contributed by atoms with Crippen molar-refractivity contribution >= 4 is 5.91 Å². The first-order chi connectivity index (χ1) is 11.3. The number of hydrogen-bond donors (Lipinski definition) is 2. The molecular weight excluding hydrogens is 290 g/mol. The van der Waals surface area contributed by atoms with Gasteiger partial charge in [0, 0.05) is 37.9 Å². The molecule has 1 aromatic carbocycles. The van der Waals surface area contributed by atoms with Gasteiger partial charge < -0.3 is 15.4 Å². The molecule has 0 spiro atoms. The van der Waals surface area contributed by atoms with E-state index in [1.807, 2.05) is 30.5 Å². The standard InChI is InChI=1S/C18H21N3O2/c22-18(10-17-13-23-9-8-20-17)21-11-14-3-5-15(6-4-14)16-2-1-7-19-12-16/h1-7,12,17,20H,8-11,13H2,(H,21,22). The summed E-state index contributed by atoms with van der Waals surface area (Å²) < 4.78 is 5.35. The Morgan fingerprint density at radius 2 is 2.13 bits per heavy atom. The SMILES string of the molecule is O=C(CC1COCCN1)NCc1ccc(-c2cccnc2)cc1. The van der Waals surface area contributed by atoms with E-state index >= 15 is 0 Å². The number of carbonyl (C=O) groups excluding carboxylic acids is 1. The maximum atomic E-state index is 12.0. The molecule has 0 aliphatic carbocycles. The summed E-state index contributed by atoms with van der Waals surface area (Å²) in [6.45, 7) is 2.68. The number of hydrogen-bond acceptors (Lipinski definition) is 4. The first kappa shape index (κ1) is 15.6. The van der Waals surface area contributed by atoms with Crippen molar-refractivity contribution in [1.82, 2.24) is 15.6 Å². The van der Waals surface area contributed by atoms with Crippen LogP contribution in [0.5, 0.6) is 0 Å². The minimum Gasteiger partial charge on any atom is -0.378 e. The predicted octanol–water partition coefficient (Wildman–Crippen LogP) is 1.74. The number of pyridine rings is 1. The lowest BCUT2D eigenvalue weighted by molar-refractivity contribution is -0.122. The molecule has 0 saturated carbocycles. The number of benzene rings is 1. The van der Waals surface area contributed by atoms with Gasteiger partial charge in [0.05, 0.1) is 13.2 Å². The summed E-state index contributed by atoms with van der Waals surface area (Å²) in [7, 11) is 0. The maximum Gasteiger partial charge on any atom is 0.221 e. The van der Waals surface area contributed by atoms with Gasteiger partial charge in [-0.15, -0.1) is 0 Å². The number of rotatable bonds is 5. The van der Waals surface area contributed by atoms with Crippen LogP contribution in [0, 0.1) is 0 Å². The van der Waals surface area contributed by atoms with Crippen molar-refractivity contribution in [3.8, 4) is 11.1 Å². The monoisotopic (exact) mass is 311 g/mol.